The molecule has 0 unspecified atom stereocenters. The fourth-order valence-corrected chi connectivity index (χ4v) is 4.31. The second-order valence-electron chi connectivity index (χ2n) is 7.35. The van der Waals surface area contributed by atoms with Crippen LogP contribution < -0.4 is 11.2 Å². The molecule has 0 bridgehead atoms. The highest BCUT2D eigenvalue weighted by atomic mass is 32.1. The van der Waals surface area contributed by atoms with Crippen molar-refractivity contribution in [3.63, 3.8) is 0 Å². The van der Waals surface area contributed by atoms with Crippen LogP contribution in [0.5, 0.6) is 0 Å². The quantitative estimate of drug-likeness (QED) is 0.444. The van der Waals surface area contributed by atoms with Crippen molar-refractivity contribution >= 4 is 27.3 Å². The Hall–Kier alpha value is -3.25. The van der Waals surface area contributed by atoms with Gasteiger partial charge in [-0.15, -0.1) is 11.3 Å². The van der Waals surface area contributed by atoms with E-state index in [9.17, 15) is 14.4 Å². The first-order valence-electron chi connectivity index (χ1n) is 9.86. The molecular formula is C24H22N2O3S. The molecule has 0 saturated heterocycles. The molecule has 2 heterocycles. The van der Waals surface area contributed by atoms with Gasteiger partial charge in [-0.2, -0.15) is 0 Å². The number of carbonyl (C=O) groups excluding carboxylic acids is 1. The van der Waals surface area contributed by atoms with Crippen LogP contribution in [0.1, 0.15) is 34.0 Å². The van der Waals surface area contributed by atoms with Crippen LogP contribution in [0.2, 0.25) is 0 Å². The minimum absolute atomic E-state index is 0.105. The van der Waals surface area contributed by atoms with Crippen molar-refractivity contribution in [2.75, 3.05) is 0 Å². The first-order valence-corrected chi connectivity index (χ1v) is 10.7. The fraction of sp³-hybridized carbons (Fsp3) is 0.208. The van der Waals surface area contributed by atoms with Crippen molar-refractivity contribution in [2.24, 2.45) is 0 Å². The van der Waals surface area contributed by atoms with Gasteiger partial charge in [-0.25, -0.2) is 4.79 Å². The van der Waals surface area contributed by atoms with Gasteiger partial charge < -0.3 is 0 Å². The summed E-state index contributed by atoms with van der Waals surface area (Å²) < 4.78 is 3.12. The Morgan fingerprint density at radius 1 is 0.900 bits per heavy atom. The van der Waals surface area contributed by atoms with Gasteiger partial charge in [0, 0.05) is 5.56 Å². The van der Waals surface area contributed by atoms with Crippen LogP contribution in [-0.2, 0) is 19.5 Å². The topological polar surface area (TPSA) is 61.1 Å². The largest absolute Gasteiger partial charge is 0.332 e. The lowest BCUT2D eigenvalue weighted by Crippen LogP contribution is -2.40. The summed E-state index contributed by atoms with van der Waals surface area (Å²) in [4.78, 5) is 39.0. The minimum atomic E-state index is -0.468. The number of rotatable bonds is 6. The summed E-state index contributed by atoms with van der Waals surface area (Å²) in [6.45, 7) is 4.11. The van der Waals surface area contributed by atoms with Crippen molar-refractivity contribution in [1.29, 1.82) is 0 Å². The lowest BCUT2D eigenvalue weighted by Gasteiger charge is -2.12. The molecule has 0 spiro atoms. The Bertz CT molecular complexity index is 1330. The number of hydrogen-bond acceptors (Lipinski definition) is 4. The van der Waals surface area contributed by atoms with E-state index in [1.165, 1.54) is 20.5 Å². The summed E-state index contributed by atoms with van der Waals surface area (Å²) in [5.41, 5.74) is 3.40. The monoisotopic (exact) mass is 418 g/mol. The second kappa shape index (κ2) is 8.24. The molecule has 4 aromatic rings. The molecule has 152 valence electrons. The first-order chi connectivity index (χ1) is 14.5. The molecule has 0 aliphatic rings. The molecule has 0 amide bonds. The standard InChI is InChI=1S/C24H22N2O3S/c1-3-17-8-10-19(11-9-17)21(27)15-25-20-12-13-30-22(20)23(28)26(24(25)29)14-18-6-4-16(2)5-7-18/h4-13H,3,14-15H2,1-2H3. The van der Waals surface area contributed by atoms with Gasteiger partial charge >= 0.3 is 5.69 Å². The minimum Gasteiger partial charge on any atom is -0.292 e. The van der Waals surface area contributed by atoms with Gasteiger partial charge in [-0.3, -0.25) is 18.7 Å². The maximum absolute atomic E-state index is 13.2. The van der Waals surface area contributed by atoms with Crippen LogP contribution in [-0.4, -0.2) is 14.9 Å². The van der Waals surface area contributed by atoms with Gasteiger partial charge in [0.2, 0.25) is 0 Å². The molecule has 0 fully saturated rings. The summed E-state index contributed by atoms with van der Waals surface area (Å²) in [5.74, 6) is -0.159. The van der Waals surface area contributed by atoms with Gasteiger partial charge in [-0.1, -0.05) is 61.0 Å². The van der Waals surface area contributed by atoms with Crippen LogP contribution in [0.3, 0.4) is 0 Å². The Balaban J connectivity index is 1.76. The number of nitrogens with zero attached hydrogens (tertiary/aromatic N) is 2. The third-order valence-electron chi connectivity index (χ3n) is 5.28. The maximum atomic E-state index is 13.2. The smallest absolute Gasteiger partial charge is 0.292 e. The zero-order chi connectivity index (χ0) is 21.3. The first kappa shape index (κ1) is 20.0. The number of fused-ring (bicyclic) bond motifs is 1. The highest BCUT2D eigenvalue weighted by Crippen LogP contribution is 2.16. The highest BCUT2D eigenvalue weighted by molar-refractivity contribution is 7.17. The van der Waals surface area contributed by atoms with E-state index in [2.05, 4.69) is 6.92 Å². The predicted molar refractivity (Wildman–Crippen MR) is 121 cm³/mol. The van der Waals surface area contributed by atoms with Crippen LogP contribution in [0, 0.1) is 6.92 Å². The zero-order valence-corrected chi connectivity index (χ0v) is 17.7. The van der Waals surface area contributed by atoms with Crippen molar-refractivity contribution in [1.82, 2.24) is 9.13 Å². The average molecular weight is 419 g/mol. The highest BCUT2D eigenvalue weighted by Gasteiger charge is 2.17. The normalized spacial score (nSPS) is 11.1. The third-order valence-corrected chi connectivity index (χ3v) is 6.18. The molecule has 2 aromatic heterocycles. The van der Waals surface area contributed by atoms with E-state index in [1.807, 2.05) is 43.3 Å². The van der Waals surface area contributed by atoms with Gasteiger partial charge in [0.1, 0.15) is 4.70 Å². The number of hydrogen-bond donors (Lipinski definition) is 0. The number of benzene rings is 2. The molecule has 0 radical (unpaired) electrons. The lowest BCUT2D eigenvalue weighted by molar-refractivity contribution is 0.0971. The number of thiophene rings is 1. The van der Waals surface area contributed by atoms with Crippen LogP contribution >= 0.6 is 11.3 Å². The van der Waals surface area contributed by atoms with Crippen LogP contribution in [0.15, 0.2) is 69.6 Å². The molecule has 30 heavy (non-hydrogen) atoms. The molecule has 2 aromatic carbocycles. The van der Waals surface area contributed by atoms with E-state index in [0.29, 0.717) is 15.8 Å². The Labute approximate surface area is 177 Å². The molecule has 6 heteroatoms. The maximum Gasteiger partial charge on any atom is 0.332 e. The molecule has 4 rings (SSSR count). The molecule has 0 aliphatic heterocycles. The van der Waals surface area contributed by atoms with E-state index in [-0.39, 0.29) is 24.4 Å². The van der Waals surface area contributed by atoms with Gasteiger partial charge in [0.05, 0.1) is 18.6 Å². The third kappa shape index (κ3) is 3.78. The number of aryl methyl sites for hydroxylation is 2. The number of aromatic nitrogens is 2. The van der Waals surface area contributed by atoms with E-state index < -0.39 is 5.69 Å². The second-order valence-corrected chi connectivity index (χ2v) is 8.27. The molecule has 0 aliphatic carbocycles. The van der Waals surface area contributed by atoms with Crippen LogP contribution in [0.4, 0.5) is 0 Å². The van der Waals surface area contributed by atoms with Gasteiger partial charge in [-0.05, 0) is 35.9 Å². The predicted octanol–water partition coefficient (Wildman–Crippen LogP) is 4.03. The Morgan fingerprint density at radius 3 is 2.23 bits per heavy atom. The van der Waals surface area contributed by atoms with E-state index in [1.54, 1.807) is 23.6 Å². The fourth-order valence-electron chi connectivity index (χ4n) is 3.46. The number of carbonyl (C=O) groups is 1. The zero-order valence-electron chi connectivity index (χ0n) is 16.9. The summed E-state index contributed by atoms with van der Waals surface area (Å²) in [6.07, 6.45) is 0.896. The van der Waals surface area contributed by atoms with Gasteiger partial charge in [0.15, 0.2) is 5.78 Å². The van der Waals surface area contributed by atoms with Crippen molar-refractivity contribution in [3.05, 3.63) is 103 Å². The Morgan fingerprint density at radius 2 is 1.57 bits per heavy atom. The summed E-state index contributed by atoms with van der Waals surface area (Å²) in [7, 11) is 0. The van der Waals surface area contributed by atoms with Crippen molar-refractivity contribution in [2.45, 2.75) is 33.4 Å². The molecular weight excluding hydrogens is 396 g/mol. The van der Waals surface area contributed by atoms with Gasteiger partial charge in [0.25, 0.3) is 5.56 Å². The summed E-state index contributed by atoms with van der Waals surface area (Å²) >= 11 is 1.29. The lowest BCUT2D eigenvalue weighted by atomic mass is 10.1. The van der Waals surface area contributed by atoms with E-state index in [0.717, 1.165) is 23.1 Å². The average Bonchev–Trinajstić information content (AvgIpc) is 3.25. The number of Topliss-reactive ketones (excluding diaryl/α,β-unsaturated/α-hetero) is 1. The molecule has 0 atom stereocenters. The van der Waals surface area contributed by atoms with Crippen molar-refractivity contribution in [3.8, 4) is 0 Å². The van der Waals surface area contributed by atoms with Crippen molar-refractivity contribution < 1.29 is 4.79 Å². The van der Waals surface area contributed by atoms with Crippen LogP contribution in [0.25, 0.3) is 10.2 Å². The summed E-state index contributed by atoms with van der Waals surface area (Å²) in [5, 5.41) is 1.78. The summed E-state index contributed by atoms with van der Waals surface area (Å²) in [6, 6.07) is 16.9. The molecule has 5 nitrogen and oxygen atoms in total. The Kier molecular flexibility index (Phi) is 5.50. The SMILES string of the molecule is CCc1ccc(C(=O)Cn2c(=O)n(Cc3ccc(C)cc3)c(=O)c3sccc32)cc1. The molecule has 0 saturated carbocycles. The number of ketones is 1. The van der Waals surface area contributed by atoms with E-state index in [4.69, 9.17) is 0 Å². The van der Waals surface area contributed by atoms with E-state index >= 15 is 0 Å². The molecule has 0 N–H and O–H groups in total.